The quantitative estimate of drug-likeness (QED) is 0.566. The fourth-order valence-corrected chi connectivity index (χ4v) is 3.01. The monoisotopic (exact) mass is 190 g/mol. The molecule has 68 valence electrons. The molecule has 0 radical (unpaired) electrons. The molecule has 0 nitrogen and oxygen atoms in total. The lowest BCUT2D eigenvalue weighted by Gasteiger charge is -2.00. The van der Waals surface area contributed by atoms with E-state index in [1.165, 1.54) is 21.6 Å². The van der Waals surface area contributed by atoms with Crippen LogP contribution in [0.25, 0.3) is 0 Å². The van der Waals surface area contributed by atoms with E-state index >= 15 is 0 Å². The van der Waals surface area contributed by atoms with E-state index < -0.39 is 0 Å². The Morgan fingerprint density at radius 1 is 1.38 bits per heavy atom. The Kier molecular flexibility index (Phi) is 2.20. The molecule has 1 heteroatoms. The summed E-state index contributed by atoms with van der Waals surface area (Å²) in [5.74, 6) is 0. The van der Waals surface area contributed by atoms with Crippen LogP contribution in [0.3, 0.4) is 0 Å². The summed E-state index contributed by atoms with van der Waals surface area (Å²) in [6.45, 7) is 6.47. The van der Waals surface area contributed by atoms with E-state index in [2.05, 4.69) is 45.1 Å². The van der Waals surface area contributed by atoms with Gasteiger partial charge in [0.25, 0.3) is 0 Å². The van der Waals surface area contributed by atoms with Crippen LogP contribution in [0.5, 0.6) is 0 Å². The largest absolute Gasteiger partial charge is 0.114 e. The van der Waals surface area contributed by atoms with Crippen LogP contribution in [0.1, 0.15) is 20.8 Å². The van der Waals surface area contributed by atoms with Gasteiger partial charge in [0.15, 0.2) is 0 Å². The van der Waals surface area contributed by atoms with Crippen LogP contribution >= 0.6 is 11.8 Å². The van der Waals surface area contributed by atoms with Gasteiger partial charge in [0.2, 0.25) is 0 Å². The Bertz CT molecular complexity index is 349. The Balaban J connectivity index is 2.21. The highest BCUT2D eigenvalue weighted by Gasteiger charge is 2.21. The SMILES string of the molecule is CC(C)=CC1C=C2C=C(C)C=C2S1. The Labute approximate surface area is 84.1 Å². The summed E-state index contributed by atoms with van der Waals surface area (Å²) < 4.78 is 0. The van der Waals surface area contributed by atoms with Gasteiger partial charge in [-0.25, -0.2) is 0 Å². The fraction of sp³-hybridized carbons (Fsp3) is 0.333. The van der Waals surface area contributed by atoms with Crippen molar-refractivity contribution in [1.29, 1.82) is 0 Å². The van der Waals surface area contributed by atoms with Crippen LogP contribution in [0, 0.1) is 0 Å². The van der Waals surface area contributed by atoms with Gasteiger partial charge < -0.3 is 0 Å². The van der Waals surface area contributed by atoms with Crippen LogP contribution < -0.4 is 0 Å². The number of fused-ring (bicyclic) bond motifs is 1. The summed E-state index contributed by atoms with van der Waals surface area (Å²) in [5.41, 5.74) is 4.20. The number of allylic oxidation sites excluding steroid dienone is 5. The van der Waals surface area contributed by atoms with Crippen molar-refractivity contribution >= 4 is 11.8 Å². The van der Waals surface area contributed by atoms with Crippen molar-refractivity contribution in [2.75, 3.05) is 0 Å². The molecule has 0 fully saturated rings. The average molecular weight is 190 g/mol. The van der Waals surface area contributed by atoms with Crippen LogP contribution in [0.4, 0.5) is 0 Å². The first-order valence-electron chi connectivity index (χ1n) is 4.59. The van der Waals surface area contributed by atoms with Crippen LogP contribution in [-0.2, 0) is 0 Å². The minimum atomic E-state index is 0.565. The molecule has 1 aliphatic carbocycles. The smallest absolute Gasteiger partial charge is 0.0466 e. The highest BCUT2D eigenvalue weighted by atomic mass is 32.2. The zero-order chi connectivity index (χ0) is 9.42. The van der Waals surface area contributed by atoms with E-state index in [9.17, 15) is 0 Å². The molecule has 2 rings (SSSR count). The third-order valence-corrected chi connectivity index (χ3v) is 3.28. The Morgan fingerprint density at radius 3 is 2.77 bits per heavy atom. The highest BCUT2D eigenvalue weighted by Crippen LogP contribution is 2.42. The third kappa shape index (κ3) is 1.80. The van der Waals surface area contributed by atoms with E-state index in [1.54, 1.807) is 0 Å². The molecule has 1 heterocycles. The van der Waals surface area contributed by atoms with Gasteiger partial charge >= 0.3 is 0 Å². The molecule has 2 aliphatic rings. The molecule has 0 spiro atoms. The highest BCUT2D eigenvalue weighted by molar-refractivity contribution is 8.04. The van der Waals surface area contributed by atoms with Crippen molar-refractivity contribution in [3.63, 3.8) is 0 Å². The molecule has 0 N–H and O–H groups in total. The molecule has 1 atom stereocenters. The first kappa shape index (κ1) is 8.89. The van der Waals surface area contributed by atoms with E-state index in [-0.39, 0.29) is 0 Å². The van der Waals surface area contributed by atoms with E-state index in [4.69, 9.17) is 0 Å². The lowest BCUT2D eigenvalue weighted by molar-refractivity contribution is 1.30. The van der Waals surface area contributed by atoms with Crippen molar-refractivity contribution < 1.29 is 0 Å². The maximum atomic E-state index is 2.35. The first-order chi connectivity index (χ1) is 6.15. The maximum absolute atomic E-state index is 2.35. The van der Waals surface area contributed by atoms with Crippen LogP contribution in [0.15, 0.2) is 45.9 Å². The zero-order valence-corrected chi connectivity index (χ0v) is 9.11. The van der Waals surface area contributed by atoms with E-state index in [1.807, 2.05) is 11.8 Å². The van der Waals surface area contributed by atoms with E-state index in [0.29, 0.717) is 5.25 Å². The molecule has 13 heavy (non-hydrogen) atoms. The maximum Gasteiger partial charge on any atom is 0.0466 e. The summed E-state index contributed by atoms with van der Waals surface area (Å²) in [6, 6.07) is 0. The normalized spacial score (nSPS) is 24.8. The fourth-order valence-electron chi connectivity index (χ4n) is 1.65. The first-order valence-corrected chi connectivity index (χ1v) is 5.47. The van der Waals surface area contributed by atoms with Crippen molar-refractivity contribution in [2.45, 2.75) is 26.0 Å². The van der Waals surface area contributed by atoms with Gasteiger partial charge in [0, 0.05) is 10.2 Å². The second-order valence-electron chi connectivity index (χ2n) is 3.85. The number of thioether (sulfide) groups is 1. The summed E-state index contributed by atoms with van der Waals surface area (Å²) >= 11 is 1.95. The molecular formula is C12H14S. The lowest BCUT2D eigenvalue weighted by Crippen LogP contribution is -1.87. The predicted molar refractivity (Wildman–Crippen MR) is 60.7 cm³/mol. The van der Waals surface area contributed by atoms with Gasteiger partial charge in [-0.1, -0.05) is 23.8 Å². The minimum Gasteiger partial charge on any atom is -0.114 e. The number of rotatable bonds is 1. The molecule has 1 aliphatic heterocycles. The molecule has 0 aromatic heterocycles. The summed E-state index contributed by atoms with van der Waals surface area (Å²) in [6.07, 6.45) is 9.20. The lowest BCUT2D eigenvalue weighted by atomic mass is 10.2. The number of hydrogen-bond donors (Lipinski definition) is 0. The predicted octanol–water partition coefficient (Wildman–Crippen LogP) is 3.84. The van der Waals surface area contributed by atoms with Gasteiger partial charge in [-0.15, -0.1) is 11.8 Å². The molecule has 1 unspecified atom stereocenters. The van der Waals surface area contributed by atoms with E-state index in [0.717, 1.165) is 0 Å². The van der Waals surface area contributed by atoms with Gasteiger partial charge in [-0.3, -0.25) is 0 Å². The van der Waals surface area contributed by atoms with Gasteiger partial charge in [0.05, 0.1) is 0 Å². The standard InChI is InChI=1S/C12H14S/c1-8(2)4-11-7-10-5-9(3)6-12(10)13-11/h4-7,11H,1-3H3. The minimum absolute atomic E-state index is 0.565. The van der Waals surface area contributed by atoms with Crippen molar-refractivity contribution in [2.24, 2.45) is 0 Å². The van der Waals surface area contributed by atoms with Crippen LogP contribution in [-0.4, -0.2) is 5.25 Å². The molecule has 0 amide bonds. The summed E-state index contributed by atoms with van der Waals surface area (Å²) in [4.78, 5) is 1.44. The number of hydrogen-bond acceptors (Lipinski definition) is 1. The molecule has 0 aromatic rings. The van der Waals surface area contributed by atoms with Gasteiger partial charge in [0.1, 0.15) is 0 Å². The van der Waals surface area contributed by atoms with Crippen molar-refractivity contribution in [3.05, 3.63) is 45.9 Å². The molecular weight excluding hydrogens is 176 g/mol. The Morgan fingerprint density at radius 2 is 2.15 bits per heavy atom. The zero-order valence-electron chi connectivity index (χ0n) is 8.29. The third-order valence-electron chi connectivity index (χ3n) is 2.13. The molecule has 0 aromatic carbocycles. The van der Waals surface area contributed by atoms with Crippen LogP contribution in [0.2, 0.25) is 0 Å². The summed E-state index contributed by atoms with van der Waals surface area (Å²) in [5, 5.41) is 0.565. The second kappa shape index (κ2) is 3.22. The molecule has 0 saturated heterocycles. The molecule has 0 saturated carbocycles. The second-order valence-corrected chi connectivity index (χ2v) is 5.07. The summed E-state index contributed by atoms with van der Waals surface area (Å²) in [7, 11) is 0. The van der Waals surface area contributed by atoms with Crippen molar-refractivity contribution in [1.82, 2.24) is 0 Å². The Hall–Kier alpha value is -0.690. The molecule has 0 bridgehead atoms. The average Bonchev–Trinajstić information content (AvgIpc) is 2.41. The van der Waals surface area contributed by atoms with Crippen molar-refractivity contribution in [3.8, 4) is 0 Å². The van der Waals surface area contributed by atoms with Gasteiger partial charge in [-0.05, 0) is 38.0 Å². The topological polar surface area (TPSA) is 0 Å². The van der Waals surface area contributed by atoms with Gasteiger partial charge in [-0.2, -0.15) is 0 Å².